The van der Waals surface area contributed by atoms with Gasteiger partial charge in [0.25, 0.3) is 19.0 Å². The molecule has 0 aromatic carbocycles. The van der Waals surface area contributed by atoms with Gasteiger partial charge >= 0.3 is 6.09 Å². The number of carbonyl (C=O) groups is 2. The number of rotatable bonds is 11. The number of carbonyl (C=O) groups excluding carboxylic acids is 2. The van der Waals surface area contributed by atoms with Gasteiger partial charge in [0, 0.05) is 45.0 Å². The molecule has 1 aliphatic carbocycles. The number of hydrogen-bond donors (Lipinski definition) is 0. The Morgan fingerprint density at radius 2 is 1.93 bits per heavy atom. The lowest BCUT2D eigenvalue weighted by molar-refractivity contribution is 0.00498. The van der Waals surface area contributed by atoms with E-state index in [2.05, 4.69) is 34.4 Å². The third-order valence-corrected chi connectivity index (χ3v) is 9.81. The summed E-state index contributed by atoms with van der Waals surface area (Å²) >= 11 is 0. The Hall–Kier alpha value is -3.24. The quantitative estimate of drug-likeness (QED) is 0.160. The Morgan fingerprint density at radius 3 is 2.55 bits per heavy atom. The normalized spacial score (nSPS) is 19.3. The molecule has 2 amide bonds. The molecule has 13 heteroatoms. The molecule has 1 saturated carbocycles. The van der Waals surface area contributed by atoms with Gasteiger partial charge in [0.05, 0.1) is 17.8 Å². The minimum absolute atomic E-state index is 0.0490. The summed E-state index contributed by atoms with van der Waals surface area (Å²) in [5, 5.41) is 0.863. The van der Waals surface area contributed by atoms with Crippen LogP contribution >= 0.6 is 0 Å². The zero-order valence-corrected chi connectivity index (χ0v) is 27.8. The van der Waals surface area contributed by atoms with E-state index in [1.54, 1.807) is 27.0 Å². The van der Waals surface area contributed by atoms with Gasteiger partial charge in [0.1, 0.15) is 24.6 Å². The van der Waals surface area contributed by atoms with E-state index in [-0.39, 0.29) is 37.7 Å². The molecule has 1 fully saturated rings. The van der Waals surface area contributed by atoms with Crippen LogP contribution in [0.3, 0.4) is 0 Å². The molecule has 0 radical (unpaired) electrons. The van der Waals surface area contributed by atoms with E-state index in [4.69, 9.17) is 16.0 Å². The van der Waals surface area contributed by atoms with Crippen LogP contribution < -0.4 is 4.90 Å². The lowest BCUT2D eigenvalue weighted by atomic mass is 9.84. The highest BCUT2D eigenvalue weighted by Crippen LogP contribution is 2.39. The molecular weight excluding hydrogens is 586 g/mol. The molecule has 44 heavy (non-hydrogen) atoms. The number of hydrogen-bond acceptors (Lipinski definition) is 6. The topological polar surface area (TPSA) is 84.5 Å². The molecule has 2 aliphatic rings. The minimum Gasteiger partial charge on any atom is -0.444 e. The molecule has 4 rings (SSSR count). The predicted octanol–water partition coefficient (Wildman–Crippen LogP) is 6.51. The van der Waals surface area contributed by atoms with Crippen molar-refractivity contribution < 1.29 is 27.8 Å². The molecule has 2 aromatic rings. The summed E-state index contributed by atoms with van der Waals surface area (Å²) in [6.07, 6.45) is 3.15. The molecule has 10 nitrogen and oxygen atoms in total. The number of pyridine rings is 1. The number of nitrogens with zero attached hydrogens (tertiary/aromatic N) is 6. The lowest BCUT2D eigenvalue weighted by Crippen LogP contribution is -2.52. The summed E-state index contributed by atoms with van der Waals surface area (Å²) in [5.74, 6) is -0.163. The first-order valence-electron chi connectivity index (χ1n) is 15.4. The van der Waals surface area contributed by atoms with E-state index in [0.29, 0.717) is 18.9 Å². The highest BCUT2D eigenvalue weighted by molar-refractivity contribution is 6.76. The molecular formula is C31H46F2N6O4Si. The summed E-state index contributed by atoms with van der Waals surface area (Å²) in [6.45, 7) is 20.3. The van der Waals surface area contributed by atoms with Gasteiger partial charge in [-0.15, -0.1) is 0 Å². The Balaban J connectivity index is 1.52. The molecule has 1 aliphatic heterocycles. The number of ether oxygens (including phenoxy) is 2. The second-order valence-electron chi connectivity index (χ2n) is 14.1. The smallest absolute Gasteiger partial charge is 0.410 e. The van der Waals surface area contributed by atoms with Crippen molar-refractivity contribution in [1.82, 2.24) is 19.4 Å². The fourth-order valence-corrected chi connectivity index (χ4v) is 6.64. The predicted molar refractivity (Wildman–Crippen MR) is 168 cm³/mol. The summed E-state index contributed by atoms with van der Waals surface area (Å²) in [6, 6.07) is 3.11. The maximum Gasteiger partial charge on any atom is 0.410 e. The molecule has 0 saturated heterocycles. The Bertz CT molecular complexity index is 1360. The van der Waals surface area contributed by atoms with Gasteiger partial charge in [-0.1, -0.05) is 19.6 Å². The number of fused-ring (bicyclic) bond motifs is 3. The SMILES string of the molecule is [C-]#[N+]CN1CN(C2CCC(CN(CC(F)F)C(=O)OC(C)(C)C)CC2)c2c(cnc3c2ccn3COCC[Si](C)(C)C)C1=O. The molecule has 0 atom stereocenters. The molecule has 2 aromatic heterocycles. The first-order chi connectivity index (χ1) is 20.7. The Kier molecular flexibility index (Phi) is 10.6. The van der Waals surface area contributed by atoms with E-state index in [1.807, 2.05) is 16.8 Å². The van der Waals surface area contributed by atoms with Gasteiger partial charge in [-0.05, 0) is 64.5 Å². The van der Waals surface area contributed by atoms with Crippen LogP contribution in [0.15, 0.2) is 18.5 Å². The van der Waals surface area contributed by atoms with Crippen molar-refractivity contribution in [1.29, 1.82) is 0 Å². The van der Waals surface area contributed by atoms with Gasteiger partial charge in [0.2, 0.25) is 0 Å². The van der Waals surface area contributed by atoms with E-state index in [1.165, 1.54) is 4.90 Å². The minimum atomic E-state index is -2.65. The van der Waals surface area contributed by atoms with Crippen molar-refractivity contribution in [2.45, 2.75) is 96.9 Å². The number of aromatic nitrogens is 2. The van der Waals surface area contributed by atoms with E-state index in [9.17, 15) is 18.4 Å². The largest absolute Gasteiger partial charge is 0.444 e. The van der Waals surface area contributed by atoms with Crippen LogP contribution in [0, 0.1) is 12.5 Å². The second kappa shape index (κ2) is 13.8. The second-order valence-corrected chi connectivity index (χ2v) is 19.7. The Labute approximate surface area is 260 Å². The molecule has 0 bridgehead atoms. The van der Waals surface area contributed by atoms with Crippen molar-refractivity contribution in [2.75, 3.05) is 37.9 Å². The summed E-state index contributed by atoms with van der Waals surface area (Å²) in [5.41, 5.74) is 1.26. The van der Waals surface area contributed by atoms with Crippen molar-refractivity contribution in [3.8, 4) is 0 Å². The van der Waals surface area contributed by atoms with Gasteiger partial charge in [-0.3, -0.25) is 14.5 Å². The van der Waals surface area contributed by atoms with Crippen LogP contribution in [0.25, 0.3) is 15.9 Å². The van der Waals surface area contributed by atoms with Gasteiger partial charge in [0.15, 0.2) is 0 Å². The van der Waals surface area contributed by atoms with E-state index < -0.39 is 32.7 Å². The number of alkyl halides is 2. The average molecular weight is 633 g/mol. The highest BCUT2D eigenvalue weighted by atomic mass is 28.3. The number of halogens is 2. The summed E-state index contributed by atoms with van der Waals surface area (Å²) < 4.78 is 40.0. The fraction of sp³-hybridized carbons (Fsp3) is 0.677. The van der Waals surface area contributed by atoms with E-state index >= 15 is 0 Å². The van der Waals surface area contributed by atoms with Crippen LogP contribution in [-0.4, -0.2) is 90.5 Å². The summed E-state index contributed by atoms with van der Waals surface area (Å²) in [7, 11) is -1.22. The number of amides is 2. The lowest BCUT2D eigenvalue weighted by Gasteiger charge is -2.44. The average Bonchev–Trinajstić information content (AvgIpc) is 3.34. The molecule has 0 N–H and O–H groups in total. The molecule has 0 unspecified atom stereocenters. The van der Waals surface area contributed by atoms with Gasteiger partial charge in [-0.25, -0.2) is 25.1 Å². The van der Waals surface area contributed by atoms with Gasteiger partial charge in [-0.2, -0.15) is 0 Å². The van der Waals surface area contributed by atoms with Crippen LogP contribution in [-0.2, 0) is 16.2 Å². The third-order valence-electron chi connectivity index (χ3n) is 8.10. The monoisotopic (exact) mass is 632 g/mol. The van der Waals surface area contributed by atoms with Gasteiger partial charge < -0.3 is 23.8 Å². The Morgan fingerprint density at radius 1 is 1.23 bits per heavy atom. The van der Waals surface area contributed by atoms with Crippen molar-refractivity contribution >= 4 is 36.8 Å². The first kappa shape index (κ1) is 33.6. The summed E-state index contributed by atoms with van der Waals surface area (Å²) in [4.78, 5) is 39.1. The van der Waals surface area contributed by atoms with Crippen molar-refractivity contribution in [3.63, 3.8) is 0 Å². The maximum absolute atomic E-state index is 13.4. The van der Waals surface area contributed by atoms with Crippen LogP contribution in [0.1, 0.15) is 56.8 Å². The maximum atomic E-state index is 13.4. The number of anilines is 1. The molecule has 3 heterocycles. The molecule has 242 valence electrons. The first-order valence-corrected chi connectivity index (χ1v) is 19.1. The van der Waals surface area contributed by atoms with E-state index in [0.717, 1.165) is 53.3 Å². The van der Waals surface area contributed by atoms with Crippen LogP contribution in [0.2, 0.25) is 25.7 Å². The standard InChI is InChI=1S/C31H46F2N6O4Si/c1-31(2,3)43-30(41)37(18-26(32)33)17-22-8-10-23(11-9-22)39-20-38(19-34-4)29(40)25-16-35-28-24(27(25)39)12-13-36(28)21-42-14-15-44(5,6)7/h12-13,16,22-23,26H,8-11,14-15,17-21H2,1-3,5-7H3. The highest BCUT2D eigenvalue weighted by Gasteiger charge is 2.38. The van der Waals surface area contributed by atoms with Crippen LogP contribution in [0.5, 0.6) is 0 Å². The molecule has 0 spiro atoms. The fourth-order valence-electron chi connectivity index (χ4n) is 5.89. The zero-order chi connectivity index (χ0) is 32.2. The zero-order valence-electron chi connectivity index (χ0n) is 26.8. The van der Waals surface area contributed by atoms with Crippen LogP contribution in [0.4, 0.5) is 19.3 Å². The van der Waals surface area contributed by atoms with Crippen molar-refractivity contribution in [3.05, 3.63) is 35.4 Å². The van der Waals surface area contributed by atoms with Crippen molar-refractivity contribution in [2.24, 2.45) is 5.92 Å². The third kappa shape index (κ3) is 8.47.